The van der Waals surface area contributed by atoms with E-state index >= 15 is 0 Å². The van der Waals surface area contributed by atoms with E-state index < -0.39 is 11.9 Å². The number of hydrogen-bond donors (Lipinski definition) is 2. The van der Waals surface area contributed by atoms with Crippen LogP contribution in [-0.4, -0.2) is 27.7 Å². The molecule has 0 saturated heterocycles. The van der Waals surface area contributed by atoms with Gasteiger partial charge in [-0.3, -0.25) is 4.79 Å². The zero-order chi connectivity index (χ0) is 15.5. The fourth-order valence-electron chi connectivity index (χ4n) is 2.88. The van der Waals surface area contributed by atoms with Crippen molar-refractivity contribution < 1.29 is 14.3 Å². The number of aromatic nitrogens is 1. The first-order valence-corrected chi connectivity index (χ1v) is 7.57. The van der Waals surface area contributed by atoms with Gasteiger partial charge in [0.15, 0.2) is 0 Å². The van der Waals surface area contributed by atoms with Gasteiger partial charge in [-0.1, -0.05) is 12.8 Å². The Balaban J connectivity index is 1.74. The smallest absolute Gasteiger partial charge is 0.251 e. The maximum atomic E-state index is 14.2. The van der Waals surface area contributed by atoms with Gasteiger partial charge in [-0.15, -0.1) is 0 Å². The standard InChI is InChI=1S/C17H19FN2O2/c18-13-11-12(7-8-15(13)20-9-3-4-10-20)17(22)19-14-5-1-2-6-16(14)21/h3-4,7-11,14,16,21H,1-2,5-6H2,(H,19,22). The lowest BCUT2D eigenvalue weighted by Crippen LogP contribution is -2.45. The number of amides is 1. The number of carbonyl (C=O) groups is 1. The van der Waals surface area contributed by atoms with Crippen LogP contribution in [0.2, 0.25) is 0 Å². The van der Waals surface area contributed by atoms with Crippen LogP contribution in [0.4, 0.5) is 4.39 Å². The molecular weight excluding hydrogens is 283 g/mol. The summed E-state index contributed by atoms with van der Waals surface area (Å²) in [6.07, 6.45) is 6.41. The summed E-state index contributed by atoms with van der Waals surface area (Å²) in [4.78, 5) is 12.2. The van der Waals surface area contributed by atoms with E-state index in [9.17, 15) is 14.3 Å². The topological polar surface area (TPSA) is 54.3 Å². The van der Waals surface area contributed by atoms with Gasteiger partial charge in [0.1, 0.15) is 5.82 Å². The fraction of sp³-hybridized carbons (Fsp3) is 0.353. The lowest BCUT2D eigenvalue weighted by atomic mass is 9.92. The average Bonchev–Trinajstić information content (AvgIpc) is 3.03. The summed E-state index contributed by atoms with van der Waals surface area (Å²) < 4.78 is 15.8. The van der Waals surface area contributed by atoms with Crippen LogP contribution in [0.5, 0.6) is 0 Å². The molecule has 2 N–H and O–H groups in total. The second kappa shape index (κ2) is 6.32. The zero-order valence-corrected chi connectivity index (χ0v) is 12.2. The predicted molar refractivity (Wildman–Crippen MR) is 81.5 cm³/mol. The molecule has 0 radical (unpaired) electrons. The van der Waals surface area contributed by atoms with Gasteiger partial charge in [-0.05, 0) is 43.2 Å². The molecule has 2 atom stereocenters. The minimum Gasteiger partial charge on any atom is -0.391 e. The SMILES string of the molecule is O=C(NC1CCCCC1O)c1ccc(-n2cccc2)c(F)c1. The maximum absolute atomic E-state index is 14.2. The molecule has 1 aliphatic carbocycles. The van der Waals surface area contributed by atoms with Crippen molar-refractivity contribution in [2.45, 2.75) is 37.8 Å². The van der Waals surface area contributed by atoms with Crippen molar-refractivity contribution in [1.29, 1.82) is 0 Å². The van der Waals surface area contributed by atoms with E-state index in [4.69, 9.17) is 0 Å². The highest BCUT2D eigenvalue weighted by Gasteiger charge is 2.25. The van der Waals surface area contributed by atoms with E-state index in [1.165, 1.54) is 6.07 Å². The number of rotatable bonds is 3. The molecule has 2 unspecified atom stereocenters. The third-order valence-corrected chi connectivity index (χ3v) is 4.14. The Morgan fingerprint density at radius 1 is 1.23 bits per heavy atom. The first-order valence-electron chi connectivity index (χ1n) is 7.57. The number of benzene rings is 1. The summed E-state index contributed by atoms with van der Waals surface area (Å²) in [5.41, 5.74) is 0.672. The summed E-state index contributed by atoms with van der Waals surface area (Å²) in [5.74, 6) is -0.794. The van der Waals surface area contributed by atoms with E-state index in [1.54, 1.807) is 29.1 Å². The van der Waals surface area contributed by atoms with E-state index in [0.717, 1.165) is 19.3 Å². The van der Waals surface area contributed by atoms with Gasteiger partial charge < -0.3 is 15.0 Å². The van der Waals surface area contributed by atoms with Crippen LogP contribution in [-0.2, 0) is 0 Å². The highest BCUT2D eigenvalue weighted by atomic mass is 19.1. The molecule has 1 amide bonds. The normalized spacial score (nSPS) is 21.5. The Bertz CT molecular complexity index is 655. The number of carbonyl (C=O) groups excluding carboxylic acids is 1. The molecule has 4 nitrogen and oxygen atoms in total. The van der Waals surface area contributed by atoms with Crippen molar-refractivity contribution in [2.24, 2.45) is 0 Å². The van der Waals surface area contributed by atoms with Crippen LogP contribution in [0.15, 0.2) is 42.7 Å². The number of aliphatic hydroxyl groups is 1. The second-order valence-electron chi connectivity index (χ2n) is 5.69. The maximum Gasteiger partial charge on any atom is 0.251 e. The molecule has 0 spiro atoms. The lowest BCUT2D eigenvalue weighted by molar-refractivity contribution is 0.0717. The summed E-state index contributed by atoms with van der Waals surface area (Å²) in [6.45, 7) is 0. The molecule has 1 fully saturated rings. The van der Waals surface area contributed by atoms with E-state index in [1.807, 2.05) is 12.1 Å². The minimum absolute atomic E-state index is 0.242. The summed E-state index contributed by atoms with van der Waals surface area (Å²) in [6, 6.07) is 7.80. The van der Waals surface area contributed by atoms with Crippen LogP contribution in [0, 0.1) is 5.82 Å². The van der Waals surface area contributed by atoms with Crippen molar-refractivity contribution in [3.8, 4) is 5.69 Å². The van der Waals surface area contributed by atoms with Gasteiger partial charge in [0.25, 0.3) is 5.91 Å². The molecule has 0 bridgehead atoms. The molecule has 1 aromatic heterocycles. The van der Waals surface area contributed by atoms with Crippen LogP contribution in [0.25, 0.3) is 5.69 Å². The molecular formula is C17H19FN2O2. The summed E-state index contributed by atoms with van der Waals surface area (Å²) in [5, 5.41) is 12.7. The first kappa shape index (κ1) is 14.8. The number of nitrogens with one attached hydrogen (secondary N) is 1. The molecule has 0 aliphatic heterocycles. The van der Waals surface area contributed by atoms with Crippen molar-refractivity contribution in [2.75, 3.05) is 0 Å². The molecule has 1 aliphatic rings. The number of aliphatic hydroxyl groups excluding tert-OH is 1. The van der Waals surface area contributed by atoms with Crippen molar-refractivity contribution in [3.63, 3.8) is 0 Å². The minimum atomic E-state index is -0.512. The molecule has 5 heteroatoms. The molecule has 1 saturated carbocycles. The van der Waals surface area contributed by atoms with Gasteiger partial charge in [-0.25, -0.2) is 4.39 Å². The number of hydrogen-bond acceptors (Lipinski definition) is 2. The molecule has 1 aromatic carbocycles. The summed E-state index contributed by atoms with van der Waals surface area (Å²) >= 11 is 0. The lowest BCUT2D eigenvalue weighted by Gasteiger charge is -2.28. The second-order valence-corrected chi connectivity index (χ2v) is 5.69. The Morgan fingerprint density at radius 3 is 2.64 bits per heavy atom. The van der Waals surface area contributed by atoms with Crippen LogP contribution < -0.4 is 5.32 Å². The average molecular weight is 302 g/mol. The van der Waals surface area contributed by atoms with Gasteiger partial charge in [0.2, 0.25) is 0 Å². The van der Waals surface area contributed by atoms with Crippen molar-refractivity contribution >= 4 is 5.91 Å². The Kier molecular flexibility index (Phi) is 4.24. The highest BCUT2D eigenvalue weighted by molar-refractivity contribution is 5.94. The van der Waals surface area contributed by atoms with E-state index in [2.05, 4.69) is 5.32 Å². The van der Waals surface area contributed by atoms with Crippen LogP contribution in [0.3, 0.4) is 0 Å². The van der Waals surface area contributed by atoms with Gasteiger partial charge >= 0.3 is 0 Å². The quantitative estimate of drug-likeness (QED) is 0.916. The zero-order valence-electron chi connectivity index (χ0n) is 12.2. The Hall–Kier alpha value is -2.14. The van der Waals surface area contributed by atoms with Gasteiger partial charge in [0, 0.05) is 18.0 Å². The Morgan fingerprint density at radius 2 is 1.95 bits per heavy atom. The first-order chi connectivity index (χ1) is 10.6. The monoisotopic (exact) mass is 302 g/mol. The number of halogens is 1. The number of nitrogens with zero attached hydrogens (tertiary/aromatic N) is 1. The molecule has 2 aromatic rings. The van der Waals surface area contributed by atoms with Gasteiger partial charge in [0.05, 0.1) is 17.8 Å². The molecule has 3 rings (SSSR count). The summed E-state index contributed by atoms with van der Waals surface area (Å²) in [7, 11) is 0. The Labute approximate surface area is 128 Å². The van der Waals surface area contributed by atoms with E-state index in [0.29, 0.717) is 12.1 Å². The van der Waals surface area contributed by atoms with E-state index in [-0.39, 0.29) is 17.5 Å². The third kappa shape index (κ3) is 3.04. The predicted octanol–water partition coefficient (Wildman–Crippen LogP) is 2.65. The third-order valence-electron chi connectivity index (χ3n) is 4.14. The highest BCUT2D eigenvalue weighted by Crippen LogP contribution is 2.20. The fourth-order valence-corrected chi connectivity index (χ4v) is 2.88. The molecule has 116 valence electrons. The van der Waals surface area contributed by atoms with Gasteiger partial charge in [-0.2, -0.15) is 0 Å². The van der Waals surface area contributed by atoms with Crippen molar-refractivity contribution in [1.82, 2.24) is 9.88 Å². The van der Waals surface area contributed by atoms with Crippen LogP contribution in [0.1, 0.15) is 36.0 Å². The van der Waals surface area contributed by atoms with Crippen molar-refractivity contribution in [3.05, 3.63) is 54.1 Å². The largest absolute Gasteiger partial charge is 0.391 e. The molecule has 22 heavy (non-hydrogen) atoms. The molecule has 1 heterocycles. The van der Waals surface area contributed by atoms with Crippen LogP contribution >= 0.6 is 0 Å².